The lowest BCUT2D eigenvalue weighted by atomic mass is 9.95. The van der Waals surface area contributed by atoms with Gasteiger partial charge in [0.2, 0.25) is 0 Å². The Labute approximate surface area is 254 Å². The number of carbonyl (C=O) groups is 6. The quantitative estimate of drug-likeness (QED) is 0.0927. The Hall–Kier alpha value is -4.68. The summed E-state index contributed by atoms with van der Waals surface area (Å²) < 4.78 is 49.0. The molecule has 248 valence electrons. The molecule has 2 saturated heterocycles. The van der Waals surface area contributed by atoms with E-state index in [2.05, 4.69) is 20.1 Å². The van der Waals surface area contributed by atoms with Crippen molar-refractivity contribution in [2.75, 3.05) is 13.2 Å². The van der Waals surface area contributed by atoms with E-state index in [0.717, 1.165) is 41.5 Å². The van der Waals surface area contributed by atoms with Crippen LogP contribution in [0.2, 0.25) is 0 Å². The Kier molecular flexibility index (Phi) is 13.8. The molecule has 0 saturated carbocycles. The van der Waals surface area contributed by atoms with Crippen LogP contribution in [0.1, 0.15) is 41.5 Å². The van der Waals surface area contributed by atoms with Gasteiger partial charge in [0.1, 0.15) is 49.7 Å². The highest BCUT2D eigenvalue weighted by molar-refractivity contribution is 5.68. The van der Waals surface area contributed by atoms with Crippen molar-refractivity contribution in [2.45, 2.75) is 103 Å². The van der Waals surface area contributed by atoms with Crippen LogP contribution in [0, 0.1) is 0 Å². The van der Waals surface area contributed by atoms with Crippen LogP contribution in [0.25, 0.3) is 20.9 Å². The molecule has 0 unspecified atom stereocenters. The summed E-state index contributed by atoms with van der Waals surface area (Å²) in [7, 11) is 0. The molecule has 0 aromatic carbocycles. The van der Waals surface area contributed by atoms with Gasteiger partial charge < -0.3 is 42.6 Å². The normalized spacial score (nSPS) is 30.6. The number of nitrogens with zero attached hydrogens (tertiary/aromatic N) is 6. The van der Waals surface area contributed by atoms with E-state index in [1.54, 1.807) is 0 Å². The van der Waals surface area contributed by atoms with Crippen LogP contribution in [-0.2, 0) is 71.4 Å². The van der Waals surface area contributed by atoms with Crippen LogP contribution in [-0.4, -0.2) is 110 Å². The Bertz CT molecular complexity index is 1140. The summed E-state index contributed by atoms with van der Waals surface area (Å²) in [6.45, 7) is 5.12. The first-order valence-corrected chi connectivity index (χ1v) is 13.2. The van der Waals surface area contributed by atoms with Crippen molar-refractivity contribution in [1.82, 2.24) is 0 Å². The molecular formula is C24H32N6O15. The molecular weight excluding hydrogens is 612 g/mol. The van der Waals surface area contributed by atoms with Gasteiger partial charge in [0.05, 0.1) is 0 Å². The van der Waals surface area contributed by atoms with Crippen molar-refractivity contribution in [3.8, 4) is 0 Å². The SMILES string of the molecule is CC(=O)OC[C@H]1O[C@@H](O[C@H]2O[C@H](COC(C)=O)[C@@H](OC(C)=O)[C@H](N=[N+]=[N-])[C@H]2OC(C)=O)[C@H](OC(C)=O)[C@@H](N=[N+]=[N-])[C@@H]1OC(C)=O. The average molecular weight is 645 g/mol. The summed E-state index contributed by atoms with van der Waals surface area (Å²) >= 11 is 0. The van der Waals surface area contributed by atoms with Crippen molar-refractivity contribution >= 4 is 35.8 Å². The third-order valence-corrected chi connectivity index (χ3v) is 5.98. The summed E-state index contributed by atoms with van der Waals surface area (Å²) in [5.74, 6) is -5.08. The monoisotopic (exact) mass is 644 g/mol. The largest absolute Gasteiger partial charge is 0.463 e. The number of hydrogen-bond donors (Lipinski definition) is 0. The highest BCUT2D eigenvalue weighted by Gasteiger charge is 2.55. The van der Waals surface area contributed by atoms with Crippen molar-refractivity contribution in [3.05, 3.63) is 20.9 Å². The fourth-order valence-corrected chi connectivity index (χ4v) is 4.50. The van der Waals surface area contributed by atoms with Crippen molar-refractivity contribution in [1.29, 1.82) is 0 Å². The van der Waals surface area contributed by atoms with E-state index in [4.69, 9.17) is 42.6 Å². The van der Waals surface area contributed by atoms with Crippen LogP contribution in [0.3, 0.4) is 0 Å². The molecule has 0 aromatic heterocycles. The third kappa shape index (κ3) is 10.8. The van der Waals surface area contributed by atoms with Crippen LogP contribution >= 0.6 is 0 Å². The number of hydrogen-bond acceptors (Lipinski definition) is 17. The number of carbonyl (C=O) groups excluding carboxylic acids is 6. The molecule has 21 nitrogen and oxygen atoms in total. The maximum atomic E-state index is 12.1. The Morgan fingerprint density at radius 1 is 0.556 bits per heavy atom. The lowest BCUT2D eigenvalue weighted by Gasteiger charge is -2.47. The van der Waals surface area contributed by atoms with E-state index in [1.165, 1.54) is 0 Å². The van der Waals surface area contributed by atoms with Crippen LogP contribution in [0.4, 0.5) is 0 Å². The molecule has 2 fully saturated rings. The number of ether oxygens (including phenoxy) is 9. The van der Waals surface area contributed by atoms with E-state index in [-0.39, 0.29) is 0 Å². The lowest BCUT2D eigenvalue weighted by molar-refractivity contribution is -0.359. The predicted molar refractivity (Wildman–Crippen MR) is 140 cm³/mol. The van der Waals surface area contributed by atoms with Gasteiger partial charge in [0, 0.05) is 51.4 Å². The topological polar surface area (TPSA) is 283 Å². The van der Waals surface area contributed by atoms with Crippen molar-refractivity contribution in [2.24, 2.45) is 10.2 Å². The first-order chi connectivity index (χ1) is 21.2. The fourth-order valence-electron chi connectivity index (χ4n) is 4.50. The molecule has 2 aliphatic heterocycles. The molecule has 0 N–H and O–H groups in total. The first-order valence-electron chi connectivity index (χ1n) is 13.2. The zero-order valence-electron chi connectivity index (χ0n) is 25.0. The number of azide groups is 2. The second kappa shape index (κ2) is 17.0. The van der Waals surface area contributed by atoms with E-state index >= 15 is 0 Å². The zero-order chi connectivity index (χ0) is 33.8. The summed E-state index contributed by atoms with van der Waals surface area (Å²) in [5.41, 5.74) is 18.6. The van der Waals surface area contributed by atoms with Gasteiger partial charge in [-0.3, -0.25) is 28.8 Å². The van der Waals surface area contributed by atoms with E-state index < -0.39 is 110 Å². The molecule has 2 aliphatic rings. The Morgan fingerprint density at radius 3 is 1.13 bits per heavy atom. The molecule has 2 rings (SSSR count). The summed E-state index contributed by atoms with van der Waals surface area (Å²) in [6, 6.07) is -3.09. The minimum absolute atomic E-state index is 0.568. The molecule has 0 aliphatic carbocycles. The summed E-state index contributed by atoms with van der Waals surface area (Å²) in [6.07, 6.45) is -12.7. The average Bonchev–Trinajstić information content (AvgIpc) is 2.92. The van der Waals surface area contributed by atoms with E-state index in [0.29, 0.717) is 0 Å². The molecule has 0 aromatic rings. The van der Waals surface area contributed by atoms with Gasteiger partial charge in [-0.15, -0.1) is 0 Å². The second-order valence-corrected chi connectivity index (χ2v) is 9.51. The van der Waals surface area contributed by atoms with E-state index in [9.17, 15) is 39.8 Å². The highest BCUT2D eigenvalue weighted by Crippen LogP contribution is 2.35. The highest BCUT2D eigenvalue weighted by atomic mass is 16.8. The number of esters is 6. The lowest BCUT2D eigenvalue weighted by Crippen LogP contribution is -2.65. The van der Waals surface area contributed by atoms with Crippen LogP contribution in [0.15, 0.2) is 10.2 Å². The van der Waals surface area contributed by atoms with Gasteiger partial charge in [-0.2, -0.15) is 0 Å². The van der Waals surface area contributed by atoms with Gasteiger partial charge in [0.25, 0.3) is 0 Å². The Balaban J connectivity index is 2.66. The van der Waals surface area contributed by atoms with Crippen LogP contribution < -0.4 is 0 Å². The second-order valence-electron chi connectivity index (χ2n) is 9.51. The zero-order valence-corrected chi connectivity index (χ0v) is 25.0. The smallest absolute Gasteiger partial charge is 0.303 e. The maximum Gasteiger partial charge on any atom is 0.303 e. The predicted octanol–water partition coefficient (Wildman–Crippen LogP) is 0.664. The van der Waals surface area contributed by atoms with Gasteiger partial charge in [-0.25, -0.2) is 0 Å². The molecule has 2 heterocycles. The summed E-state index contributed by atoms with van der Waals surface area (Å²) in [4.78, 5) is 76.7. The minimum Gasteiger partial charge on any atom is -0.463 e. The Morgan fingerprint density at radius 2 is 0.867 bits per heavy atom. The summed E-state index contributed by atoms with van der Waals surface area (Å²) in [5, 5.41) is 7.22. The molecule has 45 heavy (non-hydrogen) atoms. The number of rotatable bonds is 12. The first kappa shape index (κ1) is 36.5. The van der Waals surface area contributed by atoms with E-state index in [1.807, 2.05) is 0 Å². The standard InChI is InChI=1S/C24H32N6O15/c1-9(31)37-7-15-19(39-11(3)33)17(27-29-25)21(41-13(5)35)23(43-15)45-24-22(42-14(6)36)18(28-30-26)20(40-12(4)34)16(44-24)8-38-10(2)32/h15-24H,7-8H2,1-6H3/t15-,16-,17+,18+,19-,20-,21-,22-,23-,24+/m1/s1. The third-order valence-electron chi connectivity index (χ3n) is 5.98. The molecule has 21 heteroatoms. The molecule has 10 atom stereocenters. The fraction of sp³-hybridized carbons (Fsp3) is 0.750. The van der Waals surface area contributed by atoms with Crippen molar-refractivity contribution < 1.29 is 71.4 Å². The molecule has 0 bridgehead atoms. The maximum absolute atomic E-state index is 12.1. The van der Waals surface area contributed by atoms with Gasteiger partial charge >= 0.3 is 35.8 Å². The van der Waals surface area contributed by atoms with Crippen molar-refractivity contribution in [3.63, 3.8) is 0 Å². The van der Waals surface area contributed by atoms with Crippen LogP contribution in [0.5, 0.6) is 0 Å². The molecule has 0 spiro atoms. The minimum atomic E-state index is -1.80. The molecule has 0 amide bonds. The molecule has 0 radical (unpaired) electrons. The van der Waals surface area contributed by atoms with Gasteiger partial charge in [0.15, 0.2) is 24.8 Å². The van der Waals surface area contributed by atoms with Gasteiger partial charge in [-0.05, 0) is 11.1 Å². The van der Waals surface area contributed by atoms with Gasteiger partial charge in [-0.1, -0.05) is 10.2 Å².